The van der Waals surface area contributed by atoms with Crippen molar-refractivity contribution in [3.05, 3.63) is 34.4 Å². The summed E-state index contributed by atoms with van der Waals surface area (Å²) in [6.45, 7) is 1.96. The summed E-state index contributed by atoms with van der Waals surface area (Å²) in [5.74, 6) is 1.49. The summed E-state index contributed by atoms with van der Waals surface area (Å²) >= 11 is 5.08. The van der Waals surface area contributed by atoms with Crippen LogP contribution < -0.4 is 4.74 Å². The van der Waals surface area contributed by atoms with Gasteiger partial charge in [0, 0.05) is 12.0 Å². The number of H-pyrrole nitrogens is 1. The van der Waals surface area contributed by atoms with Gasteiger partial charge >= 0.3 is 0 Å². The van der Waals surface area contributed by atoms with Gasteiger partial charge in [-0.2, -0.15) is 14.9 Å². The lowest BCUT2D eigenvalue weighted by molar-refractivity contribution is 0.412. The number of hydrogen-bond donors (Lipinski definition) is 2. The molecule has 2 N–H and O–H groups in total. The van der Waals surface area contributed by atoms with Crippen molar-refractivity contribution < 1.29 is 9.84 Å². The van der Waals surface area contributed by atoms with E-state index in [4.69, 9.17) is 17.0 Å². The van der Waals surface area contributed by atoms with Gasteiger partial charge < -0.3 is 9.84 Å². The molecule has 2 aromatic rings. The minimum absolute atomic E-state index is 0.123. The van der Waals surface area contributed by atoms with Gasteiger partial charge in [-0.25, -0.2) is 0 Å². The molecule has 2 rings (SSSR count). The summed E-state index contributed by atoms with van der Waals surface area (Å²) in [4.78, 5) is 0. The first kappa shape index (κ1) is 13.3. The third kappa shape index (κ3) is 2.82. The molecule has 0 spiro atoms. The number of nitrogens with one attached hydrogen (secondary N) is 1. The Balaban J connectivity index is 2.37. The van der Waals surface area contributed by atoms with E-state index in [-0.39, 0.29) is 5.75 Å². The van der Waals surface area contributed by atoms with Crippen molar-refractivity contribution in [2.45, 2.75) is 13.3 Å². The molecule has 0 bridgehead atoms. The average molecular weight is 278 g/mol. The Morgan fingerprint density at radius 3 is 3.05 bits per heavy atom. The number of methoxy groups -OCH3 is 1. The van der Waals surface area contributed by atoms with Gasteiger partial charge in [0.2, 0.25) is 4.77 Å². The van der Waals surface area contributed by atoms with Crippen molar-refractivity contribution in [2.24, 2.45) is 5.10 Å². The topological polar surface area (TPSA) is 75.4 Å². The second-order valence-corrected chi connectivity index (χ2v) is 4.17. The van der Waals surface area contributed by atoms with Crippen LogP contribution in [-0.4, -0.2) is 33.3 Å². The van der Waals surface area contributed by atoms with E-state index in [0.717, 1.165) is 5.82 Å². The average Bonchev–Trinajstić information content (AvgIpc) is 2.78. The molecule has 0 saturated carbocycles. The van der Waals surface area contributed by atoms with Crippen LogP contribution in [0.15, 0.2) is 23.3 Å². The highest BCUT2D eigenvalue weighted by Gasteiger charge is 2.03. The molecule has 0 saturated heterocycles. The standard InChI is InChI=1S/C12H14N4O2S/c1-3-11-14-15-12(19)16(11)13-7-8-6-9(18-2)4-5-10(8)17/h4-7,17H,3H2,1-2H3,(H,15,19)/b13-7+. The molecular weight excluding hydrogens is 264 g/mol. The van der Waals surface area contributed by atoms with Crippen LogP contribution in [0.2, 0.25) is 0 Å². The number of aryl methyl sites for hydroxylation is 1. The molecule has 0 aliphatic heterocycles. The summed E-state index contributed by atoms with van der Waals surface area (Å²) in [5.41, 5.74) is 0.546. The van der Waals surface area contributed by atoms with Crippen LogP contribution in [0, 0.1) is 4.77 Å². The van der Waals surface area contributed by atoms with Crippen LogP contribution in [0.1, 0.15) is 18.3 Å². The van der Waals surface area contributed by atoms with Crippen LogP contribution >= 0.6 is 12.2 Å². The van der Waals surface area contributed by atoms with E-state index >= 15 is 0 Å². The van der Waals surface area contributed by atoms with E-state index < -0.39 is 0 Å². The lowest BCUT2D eigenvalue weighted by Gasteiger charge is -2.03. The lowest BCUT2D eigenvalue weighted by Crippen LogP contribution is -1.97. The maximum Gasteiger partial charge on any atom is 0.216 e. The third-order valence-corrected chi connectivity index (χ3v) is 2.84. The largest absolute Gasteiger partial charge is 0.507 e. The van der Waals surface area contributed by atoms with Gasteiger partial charge in [0.05, 0.1) is 13.3 Å². The highest BCUT2D eigenvalue weighted by Crippen LogP contribution is 2.21. The summed E-state index contributed by atoms with van der Waals surface area (Å²) in [6, 6.07) is 4.91. The fraction of sp³-hybridized carbons (Fsp3) is 0.250. The summed E-state index contributed by atoms with van der Waals surface area (Å²) in [6.07, 6.45) is 2.22. The van der Waals surface area contributed by atoms with E-state index in [1.807, 2.05) is 6.92 Å². The predicted octanol–water partition coefficient (Wildman–Crippen LogP) is 2.10. The molecule has 1 heterocycles. The Labute approximate surface area is 115 Å². The van der Waals surface area contributed by atoms with Gasteiger partial charge in [-0.3, -0.25) is 5.10 Å². The van der Waals surface area contributed by atoms with Crippen molar-refractivity contribution in [2.75, 3.05) is 7.11 Å². The molecule has 100 valence electrons. The highest BCUT2D eigenvalue weighted by molar-refractivity contribution is 7.71. The normalized spacial score (nSPS) is 11.1. The van der Waals surface area contributed by atoms with E-state index in [0.29, 0.717) is 22.5 Å². The van der Waals surface area contributed by atoms with Gasteiger partial charge in [-0.05, 0) is 30.4 Å². The predicted molar refractivity (Wildman–Crippen MR) is 74.4 cm³/mol. The monoisotopic (exact) mass is 278 g/mol. The Kier molecular flexibility index (Phi) is 3.96. The SMILES string of the molecule is CCc1n[nH]c(=S)n1/N=C/c1cc(OC)ccc1O. The Morgan fingerprint density at radius 2 is 2.37 bits per heavy atom. The first-order valence-corrected chi connectivity index (χ1v) is 6.14. The Morgan fingerprint density at radius 1 is 1.58 bits per heavy atom. The molecule has 1 aromatic heterocycles. The maximum absolute atomic E-state index is 9.75. The quantitative estimate of drug-likeness (QED) is 0.663. The van der Waals surface area contributed by atoms with Crippen LogP contribution in [0.4, 0.5) is 0 Å². The summed E-state index contributed by atoms with van der Waals surface area (Å²) in [7, 11) is 1.56. The zero-order valence-corrected chi connectivity index (χ0v) is 11.4. The molecule has 1 aromatic carbocycles. The first-order chi connectivity index (χ1) is 9.15. The van der Waals surface area contributed by atoms with E-state index in [2.05, 4.69) is 15.3 Å². The van der Waals surface area contributed by atoms with Gasteiger partial charge in [0.1, 0.15) is 11.5 Å². The smallest absolute Gasteiger partial charge is 0.216 e. The molecule has 0 fully saturated rings. The molecule has 0 atom stereocenters. The molecule has 7 heteroatoms. The molecular formula is C12H14N4O2S. The van der Waals surface area contributed by atoms with Crippen molar-refractivity contribution in [3.63, 3.8) is 0 Å². The minimum atomic E-state index is 0.123. The number of nitrogens with zero attached hydrogens (tertiary/aromatic N) is 3. The van der Waals surface area contributed by atoms with Crippen molar-refractivity contribution in [1.29, 1.82) is 0 Å². The second kappa shape index (κ2) is 5.66. The van der Waals surface area contributed by atoms with Crippen molar-refractivity contribution in [3.8, 4) is 11.5 Å². The molecule has 0 aliphatic carbocycles. The van der Waals surface area contributed by atoms with Crippen LogP contribution in [0.5, 0.6) is 11.5 Å². The number of aromatic amines is 1. The second-order valence-electron chi connectivity index (χ2n) is 3.78. The molecule has 6 nitrogen and oxygen atoms in total. The fourth-order valence-electron chi connectivity index (χ4n) is 1.56. The first-order valence-electron chi connectivity index (χ1n) is 5.73. The van der Waals surface area contributed by atoms with E-state index in [1.165, 1.54) is 10.9 Å². The zero-order valence-electron chi connectivity index (χ0n) is 10.6. The van der Waals surface area contributed by atoms with Gasteiger partial charge in [0.15, 0.2) is 5.82 Å². The summed E-state index contributed by atoms with van der Waals surface area (Å²) < 4.78 is 7.03. The number of benzene rings is 1. The lowest BCUT2D eigenvalue weighted by atomic mass is 10.2. The van der Waals surface area contributed by atoms with Crippen LogP contribution in [0.3, 0.4) is 0 Å². The van der Waals surface area contributed by atoms with Gasteiger partial charge in [-0.1, -0.05) is 6.92 Å². The Hall–Kier alpha value is -2.15. The van der Waals surface area contributed by atoms with Gasteiger partial charge in [-0.15, -0.1) is 0 Å². The third-order valence-electron chi connectivity index (χ3n) is 2.58. The number of ether oxygens (including phenoxy) is 1. The molecule has 0 amide bonds. The van der Waals surface area contributed by atoms with Crippen LogP contribution in [0.25, 0.3) is 0 Å². The maximum atomic E-state index is 9.75. The van der Waals surface area contributed by atoms with Gasteiger partial charge in [0.25, 0.3) is 0 Å². The molecule has 19 heavy (non-hydrogen) atoms. The number of aromatic nitrogens is 3. The minimum Gasteiger partial charge on any atom is -0.507 e. The molecule has 0 aliphatic rings. The number of aromatic hydroxyl groups is 1. The zero-order chi connectivity index (χ0) is 13.8. The number of phenols is 1. The number of hydrogen-bond acceptors (Lipinski definition) is 5. The van der Waals surface area contributed by atoms with Crippen LogP contribution in [-0.2, 0) is 6.42 Å². The molecule has 0 unspecified atom stereocenters. The fourth-order valence-corrected chi connectivity index (χ4v) is 1.75. The number of rotatable bonds is 4. The molecule has 0 radical (unpaired) electrons. The summed E-state index contributed by atoms with van der Waals surface area (Å²) in [5, 5.41) is 20.7. The van der Waals surface area contributed by atoms with E-state index in [1.54, 1.807) is 25.3 Å². The highest BCUT2D eigenvalue weighted by atomic mass is 32.1. The van der Waals surface area contributed by atoms with E-state index in [9.17, 15) is 5.11 Å². The van der Waals surface area contributed by atoms with Crippen molar-refractivity contribution in [1.82, 2.24) is 14.9 Å². The number of phenolic OH excluding ortho intramolecular Hbond substituents is 1. The van der Waals surface area contributed by atoms with Crippen molar-refractivity contribution >= 4 is 18.4 Å². The Bertz CT molecular complexity index is 660.